The summed E-state index contributed by atoms with van der Waals surface area (Å²) in [5.41, 5.74) is 6.92. The third-order valence-electron chi connectivity index (χ3n) is 4.83. The quantitative estimate of drug-likeness (QED) is 0.664. The number of pyridine rings is 1. The lowest BCUT2D eigenvalue weighted by Crippen LogP contribution is -2.38. The second-order valence-corrected chi connectivity index (χ2v) is 6.97. The number of carbonyl (C=O) groups excluding carboxylic acids is 1. The van der Waals surface area contributed by atoms with Crippen LogP contribution < -0.4 is 20.5 Å². The molecule has 0 aliphatic carbocycles. The molecule has 1 amide bonds. The third kappa shape index (κ3) is 3.92. The van der Waals surface area contributed by atoms with Crippen molar-refractivity contribution >= 4 is 23.1 Å². The minimum absolute atomic E-state index is 0.0564. The molecule has 0 aromatic carbocycles. The molecule has 4 heterocycles. The van der Waals surface area contributed by atoms with Crippen LogP contribution in [0.2, 0.25) is 0 Å². The van der Waals surface area contributed by atoms with Crippen LogP contribution >= 0.6 is 0 Å². The molecule has 1 aliphatic rings. The normalized spacial score (nSPS) is 17.2. The molecule has 0 spiro atoms. The number of amides is 1. The molecular formula is C19H23N7O3. The van der Waals surface area contributed by atoms with Gasteiger partial charge in [-0.05, 0) is 26.4 Å². The maximum atomic E-state index is 12.9. The number of ether oxygens (including phenoxy) is 2. The number of nitrogens with zero attached hydrogens (tertiary/aromatic N) is 5. The molecule has 3 aromatic heterocycles. The Morgan fingerprint density at radius 3 is 3.03 bits per heavy atom. The summed E-state index contributed by atoms with van der Waals surface area (Å²) in [6.07, 6.45) is 6.85. The summed E-state index contributed by atoms with van der Waals surface area (Å²) in [6.45, 7) is 1.90. The zero-order valence-electron chi connectivity index (χ0n) is 16.3. The highest BCUT2D eigenvalue weighted by molar-refractivity contribution is 6.12. The predicted molar refractivity (Wildman–Crippen MR) is 107 cm³/mol. The fraction of sp³-hybridized carbons (Fsp3) is 0.368. The van der Waals surface area contributed by atoms with Crippen LogP contribution in [0.3, 0.4) is 0 Å². The van der Waals surface area contributed by atoms with Crippen molar-refractivity contribution < 1.29 is 14.3 Å². The molecule has 10 nitrogen and oxygen atoms in total. The number of likely N-dealkylation sites (tertiary alicyclic amines) is 1. The number of anilines is 2. The fourth-order valence-electron chi connectivity index (χ4n) is 3.44. The van der Waals surface area contributed by atoms with Gasteiger partial charge in [-0.15, -0.1) is 5.10 Å². The molecule has 1 atom stereocenters. The number of piperidine rings is 1. The van der Waals surface area contributed by atoms with Crippen molar-refractivity contribution in [2.24, 2.45) is 0 Å². The first-order chi connectivity index (χ1) is 14.0. The minimum atomic E-state index is -0.453. The van der Waals surface area contributed by atoms with Gasteiger partial charge in [-0.1, -0.05) is 0 Å². The van der Waals surface area contributed by atoms with Crippen LogP contribution in [-0.4, -0.2) is 63.7 Å². The molecule has 1 saturated heterocycles. The largest absolute Gasteiger partial charge is 0.494 e. The Labute approximate surface area is 167 Å². The lowest BCUT2D eigenvalue weighted by Gasteiger charge is -2.29. The van der Waals surface area contributed by atoms with E-state index in [1.54, 1.807) is 24.5 Å². The van der Waals surface area contributed by atoms with Gasteiger partial charge in [-0.2, -0.15) is 4.98 Å². The number of hydrogen-bond donors (Lipinski definition) is 2. The molecule has 0 saturated carbocycles. The van der Waals surface area contributed by atoms with E-state index in [1.165, 1.54) is 17.8 Å². The summed E-state index contributed by atoms with van der Waals surface area (Å²) in [5.74, 6) is 0.547. The standard InChI is InChI=1S/C19H23N7O3/c1-25-8-3-4-12(11-25)29-15-6-9-26-18(23-15)16(17(20)24-26)19(27)22-13-10-21-7-5-14(13)28-2/h5-7,9-10,12H,3-4,8,11H2,1-2H3,(H2,20,24)(H,22,27). The van der Waals surface area contributed by atoms with Crippen molar-refractivity contribution in [3.05, 3.63) is 36.3 Å². The molecule has 4 rings (SSSR count). The zero-order valence-corrected chi connectivity index (χ0v) is 16.3. The first-order valence-corrected chi connectivity index (χ1v) is 9.34. The highest BCUT2D eigenvalue weighted by atomic mass is 16.5. The Balaban J connectivity index is 1.61. The second kappa shape index (κ2) is 7.92. The summed E-state index contributed by atoms with van der Waals surface area (Å²) in [4.78, 5) is 23.6. The molecule has 3 aromatic rings. The molecule has 29 heavy (non-hydrogen) atoms. The summed E-state index contributed by atoms with van der Waals surface area (Å²) < 4.78 is 12.7. The number of rotatable bonds is 5. The number of carbonyl (C=O) groups is 1. The van der Waals surface area contributed by atoms with Crippen molar-refractivity contribution in [2.45, 2.75) is 18.9 Å². The maximum absolute atomic E-state index is 12.9. The average molecular weight is 397 g/mol. The molecule has 0 bridgehead atoms. The van der Waals surface area contributed by atoms with Gasteiger partial charge in [0.05, 0.1) is 13.3 Å². The van der Waals surface area contributed by atoms with Crippen molar-refractivity contribution in [3.8, 4) is 11.6 Å². The van der Waals surface area contributed by atoms with Gasteiger partial charge >= 0.3 is 0 Å². The number of nitrogens with one attached hydrogen (secondary N) is 1. The van der Waals surface area contributed by atoms with E-state index in [4.69, 9.17) is 15.2 Å². The highest BCUT2D eigenvalue weighted by Crippen LogP contribution is 2.25. The average Bonchev–Trinajstić information content (AvgIpc) is 3.03. The van der Waals surface area contributed by atoms with Crippen molar-refractivity contribution in [1.82, 2.24) is 24.5 Å². The third-order valence-corrected chi connectivity index (χ3v) is 4.83. The highest BCUT2D eigenvalue weighted by Gasteiger charge is 2.23. The Morgan fingerprint density at radius 2 is 2.24 bits per heavy atom. The zero-order chi connectivity index (χ0) is 20.4. The van der Waals surface area contributed by atoms with Gasteiger partial charge in [0.1, 0.15) is 23.1 Å². The molecule has 0 radical (unpaired) electrons. The van der Waals surface area contributed by atoms with E-state index in [2.05, 4.69) is 32.3 Å². The van der Waals surface area contributed by atoms with Crippen LogP contribution in [0.5, 0.6) is 11.6 Å². The first-order valence-electron chi connectivity index (χ1n) is 9.34. The molecule has 3 N–H and O–H groups in total. The van der Waals surface area contributed by atoms with Gasteiger partial charge in [0.15, 0.2) is 11.5 Å². The number of fused-ring (bicyclic) bond motifs is 1. The second-order valence-electron chi connectivity index (χ2n) is 6.97. The number of hydrogen-bond acceptors (Lipinski definition) is 8. The lowest BCUT2D eigenvalue weighted by atomic mass is 10.1. The van der Waals surface area contributed by atoms with Gasteiger partial charge in [0.2, 0.25) is 5.88 Å². The van der Waals surface area contributed by atoms with Crippen molar-refractivity contribution in [2.75, 3.05) is 38.3 Å². The number of nitrogens with two attached hydrogens (primary N) is 1. The van der Waals surface area contributed by atoms with E-state index < -0.39 is 5.91 Å². The van der Waals surface area contributed by atoms with Gasteiger partial charge in [-0.25, -0.2) is 4.52 Å². The number of nitrogen functional groups attached to an aromatic ring is 1. The van der Waals surface area contributed by atoms with E-state index in [9.17, 15) is 4.79 Å². The van der Waals surface area contributed by atoms with Crippen molar-refractivity contribution in [1.29, 1.82) is 0 Å². The van der Waals surface area contributed by atoms with Crippen molar-refractivity contribution in [3.63, 3.8) is 0 Å². The first kappa shape index (κ1) is 18.9. The van der Waals surface area contributed by atoms with Gasteiger partial charge < -0.3 is 25.4 Å². The van der Waals surface area contributed by atoms with E-state index in [1.807, 2.05) is 0 Å². The Morgan fingerprint density at radius 1 is 1.38 bits per heavy atom. The molecule has 1 fully saturated rings. The Hall–Kier alpha value is -3.40. The SMILES string of the molecule is COc1ccncc1NC(=O)c1c(N)nn2ccc(OC3CCCN(C)C3)nc12. The van der Waals surface area contributed by atoms with Crippen LogP contribution in [0.15, 0.2) is 30.7 Å². The van der Waals surface area contributed by atoms with Crippen LogP contribution in [0, 0.1) is 0 Å². The van der Waals surface area contributed by atoms with E-state index in [0.29, 0.717) is 23.0 Å². The molecule has 1 aliphatic heterocycles. The van der Waals surface area contributed by atoms with Gasteiger partial charge in [0.25, 0.3) is 5.91 Å². The topological polar surface area (TPSA) is 120 Å². The predicted octanol–water partition coefficient (Wildman–Crippen LogP) is 1.44. The van der Waals surface area contributed by atoms with E-state index in [0.717, 1.165) is 25.9 Å². The number of likely N-dealkylation sites (N-methyl/N-ethyl adjacent to an activating group) is 1. The Kier molecular flexibility index (Phi) is 5.17. The van der Waals surface area contributed by atoms with Crippen LogP contribution in [-0.2, 0) is 0 Å². The molecule has 1 unspecified atom stereocenters. The maximum Gasteiger partial charge on any atom is 0.263 e. The summed E-state index contributed by atoms with van der Waals surface area (Å²) >= 11 is 0. The number of methoxy groups -OCH3 is 1. The number of aromatic nitrogens is 4. The summed E-state index contributed by atoms with van der Waals surface area (Å²) in [7, 11) is 3.58. The summed E-state index contributed by atoms with van der Waals surface area (Å²) in [5, 5.41) is 6.94. The molecular weight excluding hydrogens is 374 g/mol. The Bertz CT molecular complexity index is 1040. The monoisotopic (exact) mass is 397 g/mol. The van der Waals surface area contributed by atoms with E-state index >= 15 is 0 Å². The van der Waals surface area contributed by atoms with Crippen LogP contribution in [0.25, 0.3) is 5.65 Å². The van der Waals surface area contributed by atoms with Gasteiger partial charge in [-0.3, -0.25) is 9.78 Å². The minimum Gasteiger partial charge on any atom is -0.494 e. The molecule has 10 heteroatoms. The fourth-order valence-corrected chi connectivity index (χ4v) is 3.44. The van der Waals surface area contributed by atoms with Gasteiger partial charge in [0, 0.05) is 31.1 Å². The molecule has 152 valence electrons. The smallest absolute Gasteiger partial charge is 0.263 e. The summed E-state index contributed by atoms with van der Waals surface area (Å²) in [6, 6.07) is 3.38. The van der Waals surface area contributed by atoms with E-state index in [-0.39, 0.29) is 17.5 Å². The lowest BCUT2D eigenvalue weighted by molar-refractivity contribution is 0.100. The van der Waals surface area contributed by atoms with Crippen LogP contribution in [0.1, 0.15) is 23.2 Å². The van der Waals surface area contributed by atoms with Crippen LogP contribution in [0.4, 0.5) is 11.5 Å².